The van der Waals surface area contributed by atoms with Gasteiger partial charge in [-0.05, 0) is 44.5 Å². The summed E-state index contributed by atoms with van der Waals surface area (Å²) in [4.78, 5) is 8.59. The van der Waals surface area contributed by atoms with E-state index in [9.17, 15) is 4.39 Å². The van der Waals surface area contributed by atoms with Crippen molar-refractivity contribution in [3.05, 3.63) is 47.5 Å². The minimum absolute atomic E-state index is 0.0383. The lowest BCUT2D eigenvalue weighted by atomic mass is 10.0. The summed E-state index contributed by atoms with van der Waals surface area (Å²) in [7, 11) is 1.59. The number of methoxy groups -OCH3 is 1. The predicted octanol–water partition coefficient (Wildman–Crippen LogP) is 4.70. The van der Waals surface area contributed by atoms with Crippen molar-refractivity contribution in [1.82, 2.24) is 15.3 Å². The smallest absolute Gasteiger partial charge is 0.165 e. The van der Waals surface area contributed by atoms with E-state index < -0.39 is 5.82 Å². The molecular weight excluding hydrogens is 395 g/mol. The third kappa shape index (κ3) is 4.06. The maximum atomic E-state index is 14.3. The lowest BCUT2D eigenvalue weighted by Crippen LogP contribution is -2.42. The fraction of sp³-hybridized carbons (Fsp3) is 0.333. The Morgan fingerprint density at radius 3 is 2.90 bits per heavy atom. The molecule has 0 unspecified atom stereocenters. The number of aromatic nitrogens is 2. The second-order valence-corrected chi connectivity index (χ2v) is 7.76. The number of halogens is 2. The van der Waals surface area contributed by atoms with Crippen LogP contribution in [0.2, 0.25) is 5.02 Å². The molecule has 3 aromatic rings. The van der Waals surface area contributed by atoms with Gasteiger partial charge in [0.25, 0.3) is 0 Å². The number of hydrogen-bond acceptors (Lipinski definition) is 6. The van der Waals surface area contributed by atoms with Gasteiger partial charge in [-0.25, -0.2) is 14.4 Å². The van der Waals surface area contributed by atoms with Crippen LogP contribution in [0.3, 0.4) is 0 Å². The largest absolute Gasteiger partial charge is 0.493 e. The third-order valence-corrected chi connectivity index (χ3v) is 5.42. The summed E-state index contributed by atoms with van der Waals surface area (Å²) in [6.45, 7) is 3.64. The zero-order valence-electron chi connectivity index (χ0n) is 16.3. The Labute approximate surface area is 173 Å². The molecule has 1 aliphatic heterocycles. The fourth-order valence-corrected chi connectivity index (χ4v) is 3.66. The highest BCUT2D eigenvalue weighted by molar-refractivity contribution is 6.31. The molecule has 0 radical (unpaired) electrons. The van der Waals surface area contributed by atoms with Crippen LogP contribution in [0.4, 0.5) is 15.9 Å². The number of nitrogens with one attached hydrogen (secondary N) is 2. The van der Waals surface area contributed by atoms with Crippen molar-refractivity contribution >= 4 is 34.0 Å². The van der Waals surface area contributed by atoms with Gasteiger partial charge < -0.3 is 20.1 Å². The molecule has 2 heterocycles. The van der Waals surface area contributed by atoms with Gasteiger partial charge in [0.2, 0.25) is 0 Å². The van der Waals surface area contributed by atoms with Crippen molar-refractivity contribution in [2.24, 2.45) is 0 Å². The number of anilines is 2. The molecule has 1 atom stereocenters. The van der Waals surface area contributed by atoms with Crippen molar-refractivity contribution < 1.29 is 13.9 Å². The average Bonchev–Trinajstić information content (AvgIpc) is 3.16. The molecule has 0 amide bonds. The van der Waals surface area contributed by atoms with Gasteiger partial charge in [-0.2, -0.15) is 0 Å². The van der Waals surface area contributed by atoms with Crippen LogP contribution in [0.25, 0.3) is 10.9 Å². The quantitative estimate of drug-likeness (QED) is 0.607. The lowest BCUT2D eigenvalue weighted by molar-refractivity contribution is 0.206. The van der Waals surface area contributed by atoms with Crippen LogP contribution >= 0.6 is 11.6 Å². The molecule has 2 N–H and O–H groups in total. The Morgan fingerprint density at radius 1 is 1.28 bits per heavy atom. The van der Waals surface area contributed by atoms with Gasteiger partial charge in [0.15, 0.2) is 17.3 Å². The van der Waals surface area contributed by atoms with Gasteiger partial charge >= 0.3 is 0 Å². The minimum atomic E-state index is -0.536. The Bertz CT molecular complexity index is 1040. The molecular formula is C21H22ClFN4O2. The first-order valence-corrected chi connectivity index (χ1v) is 9.78. The molecule has 1 fully saturated rings. The number of ether oxygens (including phenoxy) is 2. The standard InChI is InChI=1S/C21H22ClFN4O2/c1-21(7-4-8-26-21)11-29-18-9-13-16(10-17(18)28-2)24-12-25-20(13)27-15-6-3-5-14(22)19(15)23/h3,5-6,9-10,12,26H,4,7-8,11H2,1-2H3,(H,24,25,27)/t21-/m0/s1. The van der Waals surface area contributed by atoms with E-state index >= 15 is 0 Å². The number of hydrogen-bond donors (Lipinski definition) is 2. The minimum Gasteiger partial charge on any atom is -0.493 e. The highest BCUT2D eigenvalue weighted by atomic mass is 35.5. The van der Waals surface area contributed by atoms with Crippen molar-refractivity contribution in [2.45, 2.75) is 25.3 Å². The molecule has 0 aliphatic carbocycles. The van der Waals surface area contributed by atoms with Crippen molar-refractivity contribution in [2.75, 3.05) is 25.6 Å². The number of benzene rings is 2. The molecule has 2 aromatic carbocycles. The molecule has 1 saturated heterocycles. The second kappa shape index (κ2) is 8.00. The van der Waals surface area contributed by atoms with Gasteiger partial charge in [0, 0.05) is 17.0 Å². The van der Waals surface area contributed by atoms with Crippen LogP contribution in [0.15, 0.2) is 36.7 Å². The van der Waals surface area contributed by atoms with Crippen molar-refractivity contribution in [3.8, 4) is 11.5 Å². The van der Waals surface area contributed by atoms with Gasteiger partial charge in [0.1, 0.15) is 18.8 Å². The topological polar surface area (TPSA) is 68.3 Å². The zero-order valence-corrected chi connectivity index (χ0v) is 17.0. The maximum absolute atomic E-state index is 14.3. The van der Waals surface area contributed by atoms with E-state index in [1.807, 2.05) is 6.07 Å². The molecule has 152 valence electrons. The molecule has 29 heavy (non-hydrogen) atoms. The average molecular weight is 417 g/mol. The van der Waals surface area contributed by atoms with Crippen LogP contribution in [0.1, 0.15) is 19.8 Å². The van der Waals surface area contributed by atoms with Gasteiger partial charge in [-0.3, -0.25) is 0 Å². The third-order valence-electron chi connectivity index (χ3n) is 5.13. The Balaban J connectivity index is 1.69. The summed E-state index contributed by atoms with van der Waals surface area (Å²) in [5.74, 6) is 1.08. The van der Waals surface area contributed by atoms with E-state index in [4.69, 9.17) is 21.1 Å². The van der Waals surface area contributed by atoms with Crippen molar-refractivity contribution in [1.29, 1.82) is 0 Å². The van der Waals surface area contributed by atoms with Crippen LogP contribution in [0.5, 0.6) is 11.5 Å². The van der Waals surface area contributed by atoms with Gasteiger partial charge in [-0.1, -0.05) is 17.7 Å². The maximum Gasteiger partial charge on any atom is 0.165 e. The molecule has 0 spiro atoms. The molecule has 1 aromatic heterocycles. The van der Waals surface area contributed by atoms with Crippen molar-refractivity contribution in [3.63, 3.8) is 0 Å². The van der Waals surface area contributed by atoms with Crippen LogP contribution in [-0.4, -0.2) is 35.8 Å². The summed E-state index contributed by atoms with van der Waals surface area (Å²) in [5, 5.41) is 7.21. The summed E-state index contributed by atoms with van der Waals surface area (Å²) in [6, 6.07) is 8.37. The first-order chi connectivity index (χ1) is 14.0. The fourth-order valence-electron chi connectivity index (χ4n) is 3.48. The number of rotatable bonds is 6. The second-order valence-electron chi connectivity index (χ2n) is 7.35. The molecule has 0 bridgehead atoms. The van der Waals surface area contributed by atoms with E-state index in [-0.39, 0.29) is 16.2 Å². The monoisotopic (exact) mass is 416 g/mol. The van der Waals surface area contributed by atoms with Crippen LogP contribution in [0, 0.1) is 5.82 Å². The number of nitrogens with zero attached hydrogens (tertiary/aromatic N) is 2. The predicted molar refractivity (Wildman–Crippen MR) is 112 cm³/mol. The lowest BCUT2D eigenvalue weighted by Gasteiger charge is -2.25. The molecule has 0 saturated carbocycles. The van der Waals surface area contributed by atoms with E-state index in [0.717, 1.165) is 19.4 Å². The van der Waals surface area contributed by atoms with E-state index in [1.54, 1.807) is 25.3 Å². The summed E-state index contributed by atoms with van der Waals surface area (Å²) < 4.78 is 25.9. The van der Waals surface area contributed by atoms with Gasteiger partial charge in [0.05, 0.1) is 23.3 Å². The van der Waals surface area contributed by atoms with Crippen LogP contribution < -0.4 is 20.1 Å². The molecule has 1 aliphatic rings. The van der Waals surface area contributed by atoms with Crippen LogP contribution in [-0.2, 0) is 0 Å². The number of fused-ring (bicyclic) bond motifs is 1. The first kappa shape index (κ1) is 19.7. The highest BCUT2D eigenvalue weighted by Gasteiger charge is 2.29. The Morgan fingerprint density at radius 2 is 2.14 bits per heavy atom. The molecule has 4 rings (SSSR count). The highest BCUT2D eigenvalue weighted by Crippen LogP contribution is 2.36. The Hall–Kier alpha value is -2.64. The summed E-state index contributed by atoms with van der Waals surface area (Å²) in [6.07, 6.45) is 3.59. The zero-order chi connectivity index (χ0) is 20.4. The summed E-state index contributed by atoms with van der Waals surface area (Å²) in [5.41, 5.74) is 0.816. The van der Waals surface area contributed by atoms with Gasteiger partial charge in [-0.15, -0.1) is 0 Å². The van der Waals surface area contributed by atoms with E-state index in [1.165, 1.54) is 12.4 Å². The van der Waals surface area contributed by atoms with E-state index in [2.05, 4.69) is 27.5 Å². The normalized spacial score (nSPS) is 18.8. The summed E-state index contributed by atoms with van der Waals surface area (Å²) >= 11 is 5.89. The van der Waals surface area contributed by atoms with E-state index in [0.29, 0.717) is 34.8 Å². The SMILES string of the molecule is COc1cc2ncnc(Nc3cccc(Cl)c3F)c2cc1OC[C@]1(C)CCCN1. The molecule has 6 nitrogen and oxygen atoms in total. The first-order valence-electron chi connectivity index (χ1n) is 9.41. The Kier molecular flexibility index (Phi) is 5.43. The molecule has 8 heteroatoms.